The van der Waals surface area contributed by atoms with Gasteiger partial charge in [0.15, 0.2) is 0 Å². The quantitative estimate of drug-likeness (QED) is 0.734. The zero-order valence-corrected chi connectivity index (χ0v) is 14.2. The van der Waals surface area contributed by atoms with Crippen LogP contribution in [-0.2, 0) is 0 Å². The molecule has 0 bridgehead atoms. The van der Waals surface area contributed by atoms with Crippen LogP contribution in [-0.4, -0.2) is 41.0 Å². The van der Waals surface area contributed by atoms with Crippen LogP contribution in [0.5, 0.6) is 0 Å². The van der Waals surface area contributed by atoms with Crippen molar-refractivity contribution in [2.45, 2.75) is 6.04 Å². The van der Waals surface area contributed by atoms with Crippen molar-refractivity contribution in [3.8, 4) is 0 Å². The Hall–Kier alpha value is -2.72. The van der Waals surface area contributed by atoms with E-state index in [0.29, 0.717) is 6.04 Å². The molecule has 4 rings (SSSR count). The van der Waals surface area contributed by atoms with Crippen molar-refractivity contribution in [1.29, 1.82) is 0 Å². The second kappa shape index (κ2) is 7.45. The summed E-state index contributed by atoms with van der Waals surface area (Å²) < 4.78 is 0. The van der Waals surface area contributed by atoms with Crippen molar-refractivity contribution < 1.29 is 0 Å². The Kier molecular flexibility index (Phi) is 4.70. The third kappa shape index (κ3) is 3.54. The third-order valence-electron chi connectivity index (χ3n) is 4.75. The molecule has 1 aliphatic heterocycles. The van der Waals surface area contributed by atoms with E-state index in [0.717, 1.165) is 32.1 Å². The van der Waals surface area contributed by atoms with E-state index in [1.165, 1.54) is 11.1 Å². The summed E-state index contributed by atoms with van der Waals surface area (Å²) in [6.07, 6.45) is 3.62. The second-order valence-corrected chi connectivity index (χ2v) is 6.30. The second-order valence-electron chi connectivity index (χ2n) is 6.30. The average molecular weight is 330 g/mol. The first-order valence-corrected chi connectivity index (χ1v) is 8.78. The lowest BCUT2D eigenvalue weighted by Gasteiger charge is -2.39. The summed E-state index contributed by atoms with van der Waals surface area (Å²) in [6, 6.07) is 23.7. The predicted molar refractivity (Wildman–Crippen MR) is 101 cm³/mol. The molecule has 0 saturated carbocycles. The zero-order chi connectivity index (χ0) is 16.9. The van der Waals surface area contributed by atoms with E-state index in [9.17, 15) is 0 Å². The van der Waals surface area contributed by atoms with Crippen LogP contribution in [0.15, 0.2) is 79.1 Å². The van der Waals surface area contributed by atoms with Gasteiger partial charge in [-0.25, -0.2) is 9.97 Å². The Morgan fingerprint density at radius 2 is 1.16 bits per heavy atom. The fraction of sp³-hybridized carbons (Fsp3) is 0.238. The van der Waals surface area contributed by atoms with E-state index in [2.05, 4.69) is 80.4 Å². The molecule has 0 aliphatic carbocycles. The lowest BCUT2D eigenvalue weighted by atomic mass is 9.96. The lowest BCUT2D eigenvalue weighted by Crippen LogP contribution is -2.48. The number of piperazine rings is 1. The van der Waals surface area contributed by atoms with Gasteiger partial charge in [0.25, 0.3) is 0 Å². The molecule has 126 valence electrons. The first-order chi connectivity index (χ1) is 12.4. The van der Waals surface area contributed by atoms with Gasteiger partial charge in [0.2, 0.25) is 5.95 Å². The highest BCUT2D eigenvalue weighted by molar-refractivity contribution is 5.34. The van der Waals surface area contributed by atoms with Crippen molar-refractivity contribution in [3.63, 3.8) is 0 Å². The first-order valence-electron chi connectivity index (χ1n) is 8.78. The molecule has 1 saturated heterocycles. The minimum Gasteiger partial charge on any atom is -0.338 e. The average Bonchev–Trinajstić information content (AvgIpc) is 2.71. The van der Waals surface area contributed by atoms with Crippen LogP contribution < -0.4 is 4.90 Å². The van der Waals surface area contributed by atoms with Gasteiger partial charge in [0, 0.05) is 38.6 Å². The maximum atomic E-state index is 4.38. The molecule has 0 atom stereocenters. The van der Waals surface area contributed by atoms with Crippen LogP contribution >= 0.6 is 0 Å². The Labute approximate surface area is 148 Å². The number of hydrogen-bond donors (Lipinski definition) is 0. The molecule has 4 nitrogen and oxygen atoms in total. The molecular formula is C21H22N4. The van der Waals surface area contributed by atoms with Gasteiger partial charge in [0.1, 0.15) is 0 Å². The van der Waals surface area contributed by atoms with Crippen molar-refractivity contribution in [2.24, 2.45) is 0 Å². The SMILES string of the molecule is c1ccc(C(c2ccccc2)N2CCN(c3ncccn3)CC2)cc1. The smallest absolute Gasteiger partial charge is 0.225 e. The molecule has 4 heteroatoms. The van der Waals surface area contributed by atoms with Crippen LogP contribution in [0, 0.1) is 0 Å². The minimum absolute atomic E-state index is 0.293. The van der Waals surface area contributed by atoms with E-state index < -0.39 is 0 Å². The molecule has 1 aromatic heterocycles. The molecular weight excluding hydrogens is 308 g/mol. The fourth-order valence-electron chi connectivity index (χ4n) is 3.52. The molecule has 3 aromatic rings. The highest BCUT2D eigenvalue weighted by Crippen LogP contribution is 2.29. The number of rotatable bonds is 4. The predicted octanol–water partition coefficient (Wildman–Crippen LogP) is 3.39. The van der Waals surface area contributed by atoms with Crippen LogP contribution in [0.1, 0.15) is 17.2 Å². The van der Waals surface area contributed by atoms with Gasteiger partial charge in [0.05, 0.1) is 6.04 Å². The molecule has 1 aliphatic rings. The van der Waals surface area contributed by atoms with Crippen LogP contribution in [0.25, 0.3) is 0 Å². The van der Waals surface area contributed by atoms with Gasteiger partial charge in [-0.05, 0) is 17.2 Å². The van der Waals surface area contributed by atoms with Crippen LogP contribution in [0.4, 0.5) is 5.95 Å². The highest BCUT2D eigenvalue weighted by atomic mass is 15.3. The van der Waals surface area contributed by atoms with Crippen molar-refractivity contribution in [1.82, 2.24) is 14.9 Å². The van der Waals surface area contributed by atoms with Crippen molar-refractivity contribution in [3.05, 3.63) is 90.3 Å². The fourth-order valence-corrected chi connectivity index (χ4v) is 3.52. The number of hydrogen-bond acceptors (Lipinski definition) is 4. The van der Waals surface area contributed by atoms with Gasteiger partial charge in [-0.3, -0.25) is 4.90 Å². The summed E-state index contributed by atoms with van der Waals surface area (Å²) in [4.78, 5) is 13.6. The van der Waals surface area contributed by atoms with Gasteiger partial charge < -0.3 is 4.90 Å². The monoisotopic (exact) mass is 330 g/mol. The van der Waals surface area contributed by atoms with E-state index >= 15 is 0 Å². The number of nitrogens with zero attached hydrogens (tertiary/aromatic N) is 4. The van der Waals surface area contributed by atoms with Crippen molar-refractivity contribution in [2.75, 3.05) is 31.1 Å². The van der Waals surface area contributed by atoms with E-state index in [4.69, 9.17) is 0 Å². The lowest BCUT2D eigenvalue weighted by molar-refractivity contribution is 0.211. The normalized spacial score (nSPS) is 15.5. The number of aromatic nitrogens is 2. The summed E-state index contributed by atoms with van der Waals surface area (Å²) in [5.41, 5.74) is 2.69. The zero-order valence-electron chi connectivity index (χ0n) is 14.2. The molecule has 0 spiro atoms. The van der Waals surface area contributed by atoms with Gasteiger partial charge in [-0.15, -0.1) is 0 Å². The summed E-state index contributed by atoms with van der Waals surface area (Å²) >= 11 is 0. The highest BCUT2D eigenvalue weighted by Gasteiger charge is 2.26. The van der Waals surface area contributed by atoms with E-state index in [1.807, 2.05) is 18.5 Å². The molecule has 0 radical (unpaired) electrons. The third-order valence-corrected chi connectivity index (χ3v) is 4.75. The molecule has 2 aromatic carbocycles. The van der Waals surface area contributed by atoms with E-state index in [-0.39, 0.29) is 0 Å². The Morgan fingerprint density at radius 3 is 1.68 bits per heavy atom. The summed E-state index contributed by atoms with van der Waals surface area (Å²) in [5.74, 6) is 0.832. The Balaban J connectivity index is 1.55. The summed E-state index contributed by atoms with van der Waals surface area (Å²) in [6.45, 7) is 3.87. The van der Waals surface area contributed by atoms with Gasteiger partial charge in [-0.1, -0.05) is 60.7 Å². The van der Waals surface area contributed by atoms with Crippen LogP contribution in [0.3, 0.4) is 0 Å². The summed E-state index contributed by atoms with van der Waals surface area (Å²) in [5, 5.41) is 0. The Morgan fingerprint density at radius 1 is 0.640 bits per heavy atom. The molecule has 2 heterocycles. The minimum atomic E-state index is 0.293. The topological polar surface area (TPSA) is 32.3 Å². The standard InChI is InChI=1S/C21H22N4/c1-3-8-18(9-4-1)20(19-10-5-2-6-11-19)24-14-16-25(17-15-24)21-22-12-7-13-23-21/h1-13,20H,14-17H2. The molecule has 25 heavy (non-hydrogen) atoms. The molecule has 0 unspecified atom stereocenters. The van der Waals surface area contributed by atoms with Gasteiger partial charge >= 0.3 is 0 Å². The largest absolute Gasteiger partial charge is 0.338 e. The first kappa shape index (κ1) is 15.8. The maximum Gasteiger partial charge on any atom is 0.225 e. The van der Waals surface area contributed by atoms with Gasteiger partial charge in [-0.2, -0.15) is 0 Å². The number of benzene rings is 2. The Bertz CT molecular complexity index is 729. The van der Waals surface area contributed by atoms with Crippen molar-refractivity contribution >= 4 is 5.95 Å². The number of anilines is 1. The molecule has 0 N–H and O–H groups in total. The molecule has 0 amide bonds. The maximum absolute atomic E-state index is 4.38. The van der Waals surface area contributed by atoms with Crippen LogP contribution in [0.2, 0.25) is 0 Å². The summed E-state index contributed by atoms with van der Waals surface area (Å²) in [7, 11) is 0. The van der Waals surface area contributed by atoms with E-state index in [1.54, 1.807) is 0 Å². The molecule has 1 fully saturated rings.